The van der Waals surface area contributed by atoms with Crippen LogP contribution in [0.1, 0.15) is 226 Å². The number of rotatable bonds is 43. The zero-order chi connectivity index (χ0) is 43.1. The molecule has 1 amide bonds. The average Bonchev–Trinajstić information content (AvgIpc) is 3.23. The van der Waals surface area contributed by atoms with Crippen molar-refractivity contribution in [3.63, 3.8) is 0 Å². The molecule has 0 bridgehead atoms. The van der Waals surface area contributed by atoms with Gasteiger partial charge in [0, 0.05) is 6.42 Å². The summed E-state index contributed by atoms with van der Waals surface area (Å²) in [5, 5.41) is 23.7. The maximum absolute atomic E-state index is 13.2. The minimum atomic E-state index is -0.808. The molecule has 0 spiro atoms. The molecule has 0 radical (unpaired) electrons. The Morgan fingerprint density at radius 2 is 0.915 bits per heavy atom. The van der Waals surface area contributed by atoms with Gasteiger partial charge in [0.1, 0.15) is 6.10 Å². The number of carbonyl (C=O) groups excluding carboxylic acids is 2. The highest BCUT2D eigenvalue weighted by molar-refractivity contribution is 5.77. The first kappa shape index (κ1) is 56.3. The molecule has 0 saturated heterocycles. The van der Waals surface area contributed by atoms with Crippen molar-refractivity contribution in [1.29, 1.82) is 0 Å². The van der Waals surface area contributed by atoms with Gasteiger partial charge in [0.25, 0.3) is 0 Å². The van der Waals surface area contributed by atoms with Gasteiger partial charge in [-0.1, -0.05) is 248 Å². The van der Waals surface area contributed by atoms with E-state index in [2.05, 4.69) is 38.2 Å². The van der Waals surface area contributed by atoms with E-state index in [1.807, 2.05) is 60.8 Å². The summed E-state index contributed by atoms with van der Waals surface area (Å²) < 4.78 is 5.86. The number of aliphatic hydroxyl groups excluding tert-OH is 2. The largest absolute Gasteiger partial charge is 0.462 e. The molecule has 59 heavy (non-hydrogen) atoms. The Morgan fingerprint density at radius 3 is 1.36 bits per heavy atom. The zero-order valence-electron chi connectivity index (χ0n) is 38.6. The van der Waals surface area contributed by atoms with Gasteiger partial charge in [-0.05, 0) is 38.5 Å². The van der Waals surface area contributed by atoms with Crippen LogP contribution in [-0.4, -0.2) is 46.9 Å². The molecule has 0 aliphatic carbocycles. The summed E-state index contributed by atoms with van der Waals surface area (Å²) in [6.07, 6.45) is 58.2. The van der Waals surface area contributed by atoms with Crippen LogP contribution in [0.2, 0.25) is 0 Å². The molecular weight excluding hydrogens is 731 g/mol. The summed E-state index contributed by atoms with van der Waals surface area (Å²) in [4.78, 5) is 26.0. The topological polar surface area (TPSA) is 95.9 Å². The third-order valence-electron chi connectivity index (χ3n) is 11.0. The molecule has 0 saturated carbocycles. The van der Waals surface area contributed by atoms with Gasteiger partial charge in [0.2, 0.25) is 5.91 Å². The minimum Gasteiger partial charge on any atom is -0.462 e. The van der Waals surface area contributed by atoms with Crippen LogP contribution in [0.15, 0.2) is 72.9 Å². The van der Waals surface area contributed by atoms with Crippen molar-refractivity contribution in [2.75, 3.05) is 6.61 Å². The smallest absolute Gasteiger partial charge is 0.306 e. The molecule has 0 aromatic rings. The fourth-order valence-corrected chi connectivity index (χ4v) is 7.23. The van der Waals surface area contributed by atoms with Crippen molar-refractivity contribution in [2.24, 2.45) is 0 Å². The predicted molar refractivity (Wildman–Crippen MR) is 255 cm³/mol. The first-order valence-corrected chi connectivity index (χ1v) is 24.7. The molecule has 6 heteroatoms. The summed E-state index contributed by atoms with van der Waals surface area (Å²) in [7, 11) is 0. The first-order valence-electron chi connectivity index (χ1n) is 24.7. The highest BCUT2D eigenvalue weighted by Gasteiger charge is 2.24. The fraction of sp³-hybridized carbons (Fsp3) is 0.736. The Hall–Kier alpha value is -2.70. The van der Waals surface area contributed by atoms with E-state index in [0.29, 0.717) is 19.3 Å². The van der Waals surface area contributed by atoms with Crippen LogP contribution < -0.4 is 5.32 Å². The van der Waals surface area contributed by atoms with Gasteiger partial charge in [-0.15, -0.1) is 0 Å². The molecular formula is C53H93NO5. The molecule has 0 fully saturated rings. The Balaban J connectivity index is 4.65. The number of carbonyl (C=O) groups is 2. The first-order chi connectivity index (χ1) is 29.0. The van der Waals surface area contributed by atoms with Crippen molar-refractivity contribution < 1.29 is 24.5 Å². The second kappa shape index (κ2) is 46.4. The number of aliphatic hydroxyl groups is 2. The molecule has 3 atom stereocenters. The molecule has 6 nitrogen and oxygen atoms in total. The normalized spacial score (nSPS) is 13.9. The second-order valence-electron chi connectivity index (χ2n) is 16.6. The van der Waals surface area contributed by atoms with E-state index in [4.69, 9.17) is 4.74 Å². The lowest BCUT2D eigenvalue weighted by atomic mass is 10.0. The summed E-state index contributed by atoms with van der Waals surface area (Å²) in [5.74, 6) is -0.552. The van der Waals surface area contributed by atoms with Crippen LogP contribution in [0.25, 0.3) is 0 Å². The summed E-state index contributed by atoms with van der Waals surface area (Å²) in [5.41, 5.74) is 0. The van der Waals surface area contributed by atoms with Gasteiger partial charge in [-0.2, -0.15) is 0 Å². The van der Waals surface area contributed by atoms with Crippen molar-refractivity contribution in [2.45, 2.75) is 244 Å². The average molecular weight is 824 g/mol. The van der Waals surface area contributed by atoms with E-state index >= 15 is 0 Å². The predicted octanol–water partition coefficient (Wildman–Crippen LogP) is 14.6. The van der Waals surface area contributed by atoms with E-state index in [-0.39, 0.29) is 24.9 Å². The van der Waals surface area contributed by atoms with E-state index in [0.717, 1.165) is 57.8 Å². The lowest BCUT2D eigenvalue weighted by molar-refractivity contribution is -0.151. The zero-order valence-corrected chi connectivity index (χ0v) is 38.6. The molecule has 340 valence electrons. The minimum absolute atomic E-state index is 0.0256. The Kier molecular flexibility index (Phi) is 44.2. The summed E-state index contributed by atoms with van der Waals surface area (Å²) >= 11 is 0. The molecule has 0 heterocycles. The van der Waals surface area contributed by atoms with Crippen LogP contribution in [0, 0.1) is 0 Å². The van der Waals surface area contributed by atoms with Crippen molar-refractivity contribution in [1.82, 2.24) is 5.32 Å². The van der Waals surface area contributed by atoms with Gasteiger partial charge < -0.3 is 20.3 Å². The van der Waals surface area contributed by atoms with Crippen LogP contribution in [-0.2, 0) is 14.3 Å². The second-order valence-corrected chi connectivity index (χ2v) is 16.6. The SMILES string of the molecule is CC\C=C/C=C/C=C/C=C\C=C\C=C\CCCC(CC(=O)NC(CO)C(O)CCCCCCCCCCCCCCCCCC)OC(=O)CCCCCCCCCCC. The lowest BCUT2D eigenvalue weighted by Crippen LogP contribution is -2.46. The number of amides is 1. The Labute approximate surface area is 364 Å². The summed E-state index contributed by atoms with van der Waals surface area (Å²) in [6.45, 7) is 6.30. The van der Waals surface area contributed by atoms with Crippen molar-refractivity contribution in [3.05, 3.63) is 72.9 Å². The Morgan fingerprint density at radius 1 is 0.508 bits per heavy atom. The number of hydrogen-bond acceptors (Lipinski definition) is 5. The van der Waals surface area contributed by atoms with E-state index in [1.165, 1.54) is 122 Å². The van der Waals surface area contributed by atoms with Crippen LogP contribution >= 0.6 is 0 Å². The van der Waals surface area contributed by atoms with Gasteiger partial charge in [-0.3, -0.25) is 9.59 Å². The van der Waals surface area contributed by atoms with Crippen molar-refractivity contribution in [3.8, 4) is 0 Å². The van der Waals surface area contributed by atoms with Crippen LogP contribution in [0.3, 0.4) is 0 Å². The third-order valence-corrected chi connectivity index (χ3v) is 11.0. The highest BCUT2D eigenvalue weighted by Crippen LogP contribution is 2.17. The fourth-order valence-electron chi connectivity index (χ4n) is 7.23. The molecule has 3 N–H and O–H groups in total. The molecule has 0 aliphatic heterocycles. The van der Waals surface area contributed by atoms with E-state index in [1.54, 1.807) is 0 Å². The number of nitrogens with one attached hydrogen (secondary N) is 1. The van der Waals surface area contributed by atoms with Crippen LogP contribution in [0.5, 0.6) is 0 Å². The number of allylic oxidation sites excluding steroid dienone is 12. The number of esters is 1. The number of hydrogen-bond donors (Lipinski definition) is 3. The third kappa shape index (κ3) is 41.8. The number of ether oxygens (including phenoxy) is 1. The monoisotopic (exact) mass is 824 g/mol. The van der Waals surface area contributed by atoms with Crippen molar-refractivity contribution >= 4 is 11.9 Å². The quantitative estimate of drug-likeness (QED) is 0.0323. The van der Waals surface area contributed by atoms with Gasteiger partial charge in [0.05, 0.1) is 25.2 Å². The maximum Gasteiger partial charge on any atom is 0.306 e. The molecule has 0 aliphatic rings. The number of unbranched alkanes of at least 4 members (excludes halogenated alkanes) is 24. The lowest BCUT2D eigenvalue weighted by Gasteiger charge is -2.24. The highest BCUT2D eigenvalue weighted by atomic mass is 16.5. The maximum atomic E-state index is 13.2. The van der Waals surface area contributed by atoms with Gasteiger partial charge in [-0.25, -0.2) is 0 Å². The van der Waals surface area contributed by atoms with E-state index < -0.39 is 18.2 Å². The van der Waals surface area contributed by atoms with E-state index in [9.17, 15) is 19.8 Å². The molecule has 0 aromatic carbocycles. The molecule has 0 aromatic heterocycles. The molecule has 3 unspecified atom stereocenters. The van der Waals surface area contributed by atoms with Gasteiger partial charge in [0.15, 0.2) is 0 Å². The summed E-state index contributed by atoms with van der Waals surface area (Å²) in [6, 6.07) is -0.726. The Bertz CT molecular complexity index is 1110. The molecule has 0 rings (SSSR count). The standard InChI is InChI=1S/C53H93NO5/c1-4-7-10-13-16-19-21-23-25-27-29-31-34-36-39-42-45-51(56)50(48-55)54-52(57)47-49(59-53(58)46-43-40-37-32-18-15-12-9-6-3)44-41-38-35-33-30-28-26-24-22-20-17-14-11-8-5-2/h8,11,14,17,20,22,24,26,28,30,33,35,49-51,55-56H,4-7,9-10,12-13,15-16,18-19,21,23,25,27,29,31-32,34,36-48H2,1-3H3,(H,54,57)/b11-8-,17-14+,22-20+,26-24-,30-28+,35-33+. The van der Waals surface area contributed by atoms with Gasteiger partial charge >= 0.3 is 5.97 Å². The van der Waals surface area contributed by atoms with Crippen LogP contribution in [0.4, 0.5) is 0 Å².